The Morgan fingerprint density at radius 3 is 2.36 bits per heavy atom. The lowest BCUT2D eigenvalue weighted by Gasteiger charge is -2.15. The summed E-state index contributed by atoms with van der Waals surface area (Å²) in [6.07, 6.45) is 1.50. The number of nitrogens with one attached hydrogen (secondary N) is 2. The van der Waals surface area contributed by atoms with Gasteiger partial charge in [-0.05, 0) is 61.7 Å². The standard InChI is InChI=1S/C18H20F2N2O3/c1-12(2-3-13-4-8-15(23)9-5-13)21-18(24)22-14-6-10-16(11-7-14)25-17(19)20/h4-12,17,23H,2-3H2,1H3,(H2,21,22,24)/t12-/m1/s1. The van der Waals surface area contributed by atoms with Crippen molar-refractivity contribution in [3.63, 3.8) is 0 Å². The van der Waals surface area contributed by atoms with Gasteiger partial charge in [0.2, 0.25) is 0 Å². The highest BCUT2D eigenvalue weighted by atomic mass is 19.3. The second-order valence-electron chi connectivity index (χ2n) is 5.61. The first kappa shape index (κ1) is 18.5. The quantitative estimate of drug-likeness (QED) is 0.703. The number of aryl methyl sites for hydroxylation is 1. The predicted molar refractivity (Wildman–Crippen MR) is 91.1 cm³/mol. The molecule has 0 aliphatic carbocycles. The van der Waals surface area contributed by atoms with Crippen molar-refractivity contribution in [2.75, 3.05) is 5.32 Å². The van der Waals surface area contributed by atoms with Crippen molar-refractivity contribution in [1.82, 2.24) is 5.32 Å². The van der Waals surface area contributed by atoms with Gasteiger partial charge in [0.15, 0.2) is 0 Å². The molecule has 0 aromatic heterocycles. The van der Waals surface area contributed by atoms with Gasteiger partial charge in [-0.25, -0.2) is 4.79 Å². The van der Waals surface area contributed by atoms with Crippen molar-refractivity contribution in [3.05, 3.63) is 54.1 Å². The zero-order valence-corrected chi connectivity index (χ0v) is 13.7. The number of aromatic hydroxyl groups is 1. The minimum Gasteiger partial charge on any atom is -0.508 e. The summed E-state index contributed by atoms with van der Waals surface area (Å²) in [4.78, 5) is 11.9. The molecule has 0 aliphatic rings. The third kappa shape index (κ3) is 6.66. The molecule has 2 rings (SSSR count). The number of rotatable bonds is 7. The van der Waals surface area contributed by atoms with Crippen molar-refractivity contribution >= 4 is 11.7 Å². The first-order chi connectivity index (χ1) is 11.9. The van der Waals surface area contributed by atoms with Crippen LogP contribution in [-0.2, 0) is 6.42 Å². The number of urea groups is 1. The predicted octanol–water partition coefficient (Wildman–Crippen LogP) is 4.14. The maximum Gasteiger partial charge on any atom is 0.387 e. The van der Waals surface area contributed by atoms with Crippen molar-refractivity contribution in [2.45, 2.75) is 32.4 Å². The minimum absolute atomic E-state index is 0.0308. The number of hydrogen-bond donors (Lipinski definition) is 3. The lowest BCUT2D eigenvalue weighted by atomic mass is 10.1. The van der Waals surface area contributed by atoms with Crippen LogP contribution < -0.4 is 15.4 Å². The lowest BCUT2D eigenvalue weighted by Crippen LogP contribution is -2.36. The van der Waals surface area contributed by atoms with Crippen LogP contribution in [0.5, 0.6) is 11.5 Å². The molecule has 0 radical (unpaired) electrons. The van der Waals surface area contributed by atoms with Gasteiger partial charge in [0.05, 0.1) is 0 Å². The van der Waals surface area contributed by atoms with Gasteiger partial charge in [0.1, 0.15) is 11.5 Å². The number of benzene rings is 2. The van der Waals surface area contributed by atoms with Crippen LogP contribution in [0.1, 0.15) is 18.9 Å². The van der Waals surface area contributed by atoms with Crippen LogP contribution in [0, 0.1) is 0 Å². The Kier molecular flexibility index (Phi) is 6.56. The van der Waals surface area contributed by atoms with Crippen LogP contribution >= 0.6 is 0 Å². The molecule has 0 unspecified atom stereocenters. The lowest BCUT2D eigenvalue weighted by molar-refractivity contribution is -0.0498. The van der Waals surface area contributed by atoms with Gasteiger partial charge < -0.3 is 20.5 Å². The van der Waals surface area contributed by atoms with Gasteiger partial charge in [-0.1, -0.05) is 12.1 Å². The number of anilines is 1. The van der Waals surface area contributed by atoms with E-state index in [2.05, 4.69) is 15.4 Å². The summed E-state index contributed by atoms with van der Waals surface area (Å²) in [5, 5.41) is 14.7. The van der Waals surface area contributed by atoms with E-state index in [1.807, 2.05) is 19.1 Å². The Bertz CT molecular complexity index is 676. The Morgan fingerprint density at radius 1 is 1.12 bits per heavy atom. The summed E-state index contributed by atoms with van der Waals surface area (Å²) >= 11 is 0. The molecule has 0 spiro atoms. The molecule has 5 nitrogen and oxygen atoms in total. The number of carbonyl (C=O) groups is 1. The van der Waals surface area contributed by atoms with E-state index in [0.717, 1.165) is 18.4 Å². The Hall–Kier alpha value is -2.83. The Labute approximate surface area is 144 Å². The summed E-state index contributed by atoms with van der Waals surface area (Å²) in [5.74, 6) is 0.252. The van der Waals surface area contributed by atoms with E-state index in [1.54, 1.807) is 12.1 Å². The summed E-state index contributed by atoms with van der Waals surface area (Å²) in [5.41, 5.74) is 1.55. The van der Waals surface area contributed by atoms with Crippen molar-refractivity contribution in [2.24, 2.45) is 0 Å². The topological polar surface area (TPSA) is 70.6 Å². The van der Waals surface area contributed by atoms with Crippen LogP contribution in [0.15, 0.2) is 48.5 Å². The number of phenols is 1. The van der Waals surface area contributed by atoms with E-state index in [0.29, 0.717) is 5.69 Å². The molecule has 1 atom stereocenters. The molecule has 0 saturated heterocycles. The van der Waals surface area contributed by atoms with Gasteiger partial charge in [0, 0.05) is 11.7 Å². The number of phenolic OH excluding ortho intramolecular Hbond substituents is 1. The largest absolute Gasteiger partial charge is 0.508 e. The molecule has 134 valence electrons. The number of alkyl halides is 2. The van der Waals surface area contributed by atoms with Crippen molar-refractivity contribution < 1.29 is 23.4 Å². The fraction of sp³-hybridized carbons (Fsp3) is 0.278. The van der Waals surface area contributed by atoms with Gasteiger partial charge in [-0.3, -0.25) is 0 Å². The fourth-order valence-electron chi connectivity index (χ4n) is 2.23. The second-order valence-corrected chi connectivity index (χ2v) is 5.61. The minimum atomic E-state index is -2.88. The van der Waals surface area contributed by atoms with Crippen molar-refractivity contribution in [1.29, 1.82) is 0 Å². The maximum absolute atomic E-state index is 12.1. The van der Waals surface area contributed by atoms with Gasteiger partial charge in [-0.2, -0.15) is 8.78 Å². The molecule has 2 amide bonds. The monoisotopic (exact) mass is 350 g/mol. The average Bonchev–Trinajstić information content (AvgIpc) is 2.55. The molecule has 0 fully saturated rings. The molecule has 3 N–H and O–H groups in total. The van der Waals surface area contributed by atoms with Gasteiger partial charge >= 0.3 is 12.6 Å². The summed E-state index contributed by atoms with van der Waals surface area (Å²) in [6.45, 7) is -0.990. The number of ether oxygens (including phenoxy) is 1. The molecule has 0 aliphatic heterocycles. The van der Waals surface area contributed by atoms with Crippen LogP contribution in [0.4, 0.5) is 19.3 Å². The van der Waals surface area contributed by atoms with E-state index in [4.69, 9.17) is 0 Å². The average molecular weight is 350 g/mol. The third-order valence-electron chi connectivity index (χ3n) is 3.52. The maximum atomic E-state index is 12.1. The molecule has 0 heterocycles. The fourth-order valence-corrected chi connectivity index (χ4v) is 2.23. The zero-order chi connectivity index (χ0) is 18.2. The molecule has 7 heteroatoms. The smallest absolute Gasteiger partial charge is 0.387 e. The highest BCUT2D eigenvalue weighted by Crippen LogP contribution is 2.17. The van der Waals surface area contributed by atoms with E-state index in [9.17, 15) is 18.7 Å². The number of hydrogen-bond acceptors (Lipinski definition) is 3. The van der Waals surface area contributed by atoms with E-state index in [-0.39, 0.29) is 23.6 Å². The molecule has 0 bridgehead atoms. The summed E-state index contributed by atoms with van der Waals surface area (Å²) < 4.78 is 28.4. The van der Waals surface area contributed by atoms with E-state index >= 15 is 0 Å². The highest BCUT2D eigenvalue weighted by molar-refractivity contribution is 5.89. The van der Waals surface area contributed by atoms with Gasteiger partial charge in [-0.15, -0.1) is 0 Å². The number of amides is 2. The normalized spacial score (nSPS) is 11.8. The first-order valence-corrected chi connectivity index (χ1v) is 7.82. The molecule has 2 aromatic rings. The number of halogens is 2. The van der Waals surface area contributed by atoms with Crippen LogP contribution in [0.25, 0.3) is 0 Å². The van der Waals surface area contributed by atoms with Gasteiger partial charge in [0.25, 0.3) is 0 Å². The van der Waals surface area contributed by atoms with E-state index in [1.165, 1.54) is 24.3 Å². The Morgan fingerprint density at radius 2 is 1.76 bits per heavy atom. The van der Waals surface area contributed by atoms with Crippen LogP contribution in [-0.4, -0.2) is 23.8 Å². The summed E-state index contributed by atoms with van der Waals surface area (Å²) in [6, 6.07) is 12.2. The molecule has 0 saturated carbocycles. The van der Waals surface area contributed by atoms with Crippen molar-refractivity contribution in [3.8, 4) is 11.5 Å². The molecule has 25 heavy (non-hydrogen) atoms. The van der Waals surface area contributed by atoms with E-state index < -0.39 is 6.61 Å². The Balaban J connectivity index is 1.76. The number of carbonyl (C=O) groups excluding carboxylic acids is 1. The zero-order valence-electron chi connectivity index (χ0n) is 13.7. The van der Waals surface area contributed by atoms with Crippen LogP contribution in [0.2, 0.25) is 0 Å². The first-order valence-electron chi connectivity index (χ1n) is 7.82. The molecule has 2 aromatic carbocycles. The summed E-state index contributed by atoms with van der Waals surface area (Å²) in [7, 11) is 0. The SMILES string of the molecule is C[C@H](CCc1ccc(O)cc1)NC(=O)Nc1ccc(OC(F)F)cc1. The second kappa shape index (κ2) is 8.86. The highest BCUT2D eigenvalue weighted by Gasteiger charge is 2.09. The van der Waals surface area contributed by atoms with Crippen LogP contribution in [0.3, 0.4) is 0 Å². The molecular formula is C18H20F2N2O3. The molecular weight excluding hydrogens is 330 g/mol. The third-order valence-corrected chi connectivity index (χ3v) is 3.52.